The summed E-state index contributed by atoms with van der Waals surface area (Å²) in [7, 11) is 0. The van der Waals surface area contributed by atoms with Crippen molar-refractivity contribution in [2.24, 2.45) is 5.41 Å². The molecule has 0 atom stereocenters. The zero-order valence-corrected chi connectivity index (χ0v) is 14.9. The van der Waals surface area contributed by atoms with Crippen LogP contribution in [0.5, 0.6) is 0 Å². The molecule has 0 radical (unpaired) electrons. The zero-order chi connectivity index (χ0) is 17.3. The minimum absolute atomic E-state index is 0.0441. The van der Waals surface area contributed by atoms with Gasteiger partial charge >= 0.3 is 0 Å². The van der Waals surface area contributed by atoms with Crippen molar-refractivity contribution in [2.75, 3.05) is 18.4 Å². The number of nitrogens with one attached hydrogen (secondary N) is 1. The van der Waals surface area contributed by atoms with Crippen LogP contribution in [0.4, 0.5) is 5.69 Å². The molecular formula is C19H29N3O. The second-order valence-corrected chi connectivity index (χ2v) is 6.30. The van der Waals surface area contributed by atoms with Crippen molar-refractivity contribution in [2.45, 2.75) is 53.5 Å². The smallest absolute Gasteiger partial charge is 0.221 e. The SMILES string of the molecule is CC.CC(=O)Nc1cccc(CN2CCC(C)(CC#N)CC2)c1. The third-order valence-corrected chi connectivity index (χ3v) is 4.22. The molecule has 126 valence electrons. The van der Waals surface area contributed by atoms with Crippen LogP contribution in [0, 0.1) is 16.7 Å². The molecule has 0 spiro atoms. The molecule has 0 saturated carbocycles. The third-order valence-electron chi connectivity index (χ3n) is 4.22. The fraction of sp³-hybridized carbons (Fsp3) is 0.579. The molecule has 0 unspecified atom stereocenters. The lowest BCUT2D eigenvalue weighted by atomic mass is 9.78. The van der Waals surface area contributed by atoms with Crippen molar-refractivity contribution in [3.8, 4) is 6.07 Å². The first-order valence-electron chi connectivity index (χ1n) is 8.47. The van der Waals surface area contributed by atoms with Crippen LogP contribution in [0.2, 0.25) is 0 Å². The maximum atomic E-state index is 11.1. The van der Waals surface area contributed by atoms with E-state index >= 15 is 0 Å². The van der Waals surface area contributed by atoms with Crippen molar-refractivity contribution < 1.29 is 4.79 Å². The molecule has 1 N–H and O–H groups in total. The monoisotopic (exact) mass is 315 g/mol. The van der Waals surface area contributed by atoms with Crippen molar-refractivity contribution in [1.29, 1.82) is 5.26 Å². The Kier molecular flexibility index (Phi) is 7.77. The van der Waals surface area contributed by atoms with E-state index in [1.54, 1.807) is 0 Å². The van der Waals surface area contributed by atoms with Gasteiger partial charge in [0.1, 0.15) is 0 Å². The molecule has 2 rings (SSSR count). The fourth-order valence-electron chi connectivity index (χ4n) is 2.83. The largest absolute Gasteiger partial charge is 0.326 e. The van der Waals surface area contributed by atoms with Gasteiger partial charge in [0.05, 0.1) is 6.07 Å². The standard InChI is InChI=1S/C17H23N3O.C2H6/c1-14(21)19-16-5-3-4-15(12-16)13-20-10-7-17(2,6-9-18)8-11-20;1-2/h3-5,12H,6-8,10-11,13H2,1-2H3,(H,19,21);1-2H3. The van der Waals surface area contributed by atoms with Gasteiger partial charge in [0, 0.05) is 25.6 Å². The molecule has 23 heavy (non-hydrogen) atoms. The lowest BCUT2D eigenvalue weighted by molar-refractivity contribution is -0.114. The molecule has 1 aromatic rings. The van der Waals surface area contributed by atoms with Crippen molar-refractivity contribution in [3.05, 3.63) is 29.8 Å². The molecule has 1 saturated heterocycles. The highest BCUT2D eigenvalue weighted by Gasteiger charge is 2.29. The predicted molar refractivity (Wildman–Crippen MR) is 94.9 cm³/mol. The molecule has 0 bridgehead atoms. The second kappa shape index (κ2) is 9.32. The van der Waals surface area contributed by atoms with Crippen LogP contribution in [0.1, 0.15) is 52.5 Å². The molecule has 1 aliphatic heterocycles. The van der Waals surface area contributed by atoms with Crippen LogP contribution >= 0.6 is 0 Å². The number of hydrogen-bond acceptors (Lipinski definition) is 3. The number of benzene rings is 1. The predicted octanol–water partition coefficient (Wildman–Crippen LogP) is 4.19. The summed E-state index contributed by atoms with van der Waals surface area (Å²) < 4.78 is 0. The molecule has 4 heteroatoms. The van der Waals surface area contributed by atoms with E-state index in [-0.39, 0.29) is 11.3 Å². The number of likely N-dealkylation sites (tertiary alicyclic amines) is 1. The Labute approximate surface area is 140 Å². The number of nitrogens with zero attached hydrogens (tertiary/aromatic N) is 2. The van der Waals surface area contributed by atoms with Gasteiger partial charge in [-0.15, -0.1) is 0 Å². The van der Waals surface area contributed by atoms with E-state index in [9.17, 15) is 4.79 Å². The summed E-state index contributed by atoms with van der Waals surface area (Å²) in [5, 5.41) is 11.7. The molecule has 4 nitrogen and oxygen atoms in total. The van der Waals surface area contributed by atoms with Gasteiger partial charge in [-0.1, -0.05) is 32.9 Å². The Hall–Kier alpha value is -1.86. The molecular weight excluding hydrogens is 286 g/mol. The highest BCUT2D eigenvalue weighted by atomic mass is 16.1. The Morgan fingerprint density at radius 1 is 1.35 bits per heavy atom. The zero-order valence-electron chi connectivity index (χ0n) is 14.9. The number of rotatable bonds is 4. The van der Waals surface area contributed by atoms with Gasteiger partial charge in [0.15, 0.2) is 0 Å². The number of carbonyl (C=O) groups is 1. The molecule has 1 amide bonds. The summed E-state index contributed by atoms with van der Waals surface area (Å²) in [4.78, 5) is 13.5. The van der Waals surface area contributed by atoms with Gasteiger partial charge in [-0.05, 0) is 49.0 Å². The average Bonchev–Trinajstić information content (AvgIpc) is 2.52. The van der Waals surface area contributed by atoms with Crippen LogP contribution in [0.25, 0.3) is 0 Å². The molecule has 1 aliphatic rings. The van der Waals surface area contributed by atoms with Crippen LogP contribution in [-0.4, -0.2) is 23.9 Å². The Bertz CT molecular complexity index is 540. The van der Waals surface area contributed by atoms with Gasteiger partial charge in [0.25, 0.3) is 0 Å². The summed E-state index contributed by atoms with van der Waals surface area (Å²) in [5.41, 5.74) is 2.25. The van der Waals surface area contributed by atoms with E-state index in [1.807, 2.05) is 32.0 Å². The molecule has 1 aromatic carbocycles. The van der Waals surface area contributed by atoms with E-state index in [2.05, 4.69) is 29.3 Å². The van der Waals surface area contributed by atoms with Gasteiger partial charge in [-0.2, -0.15) is 5.26 Å². The molecule has 0 aliphatic carbocycles. The number of amides is 1. The Morgan fingerprint density at radius 3 is 2.57 bits per heavy atom. The number of piperidine rings is 1. The van der Waals surface area contributed by atoms with Gasteiger partial charge in [-0.25, -0.2) is 0 Å². The summed E-state index contributed by atoms with van der Waals surface area (Å²) in [6.45, 7) is 10.7. The quantitative estimate of drug-likeness (QED) is 0.906. The first kappa shape index (κ1) is 19.2. The van der Waals surface area contributed by atoms with Gasteiger partial charge < -0.3 is 5.32 Å². The van der Waals surface area contributed by atoms with Gasteiger partial charge in [-0.3, -0.25) is 9.69 Å². The number of anilines is 1. The molecule has 0 aromatic heterocycles. The summed E-state index contributed by atoms with van der Waals surface area (Å²) in [6, 6.07) is 10.3. The van der Waals surface area contributed by atoms with Crippen molar-refractivity contribution >= 4 is 11.6 Å². The van der Waals surface area contributed by atoms with Crippen LogP contribution in [0.3, 0.4) is 0 Å². The minimum atomic E-state index is -0.0441. The van der Waals surface area contributed by atoms with E-state index in [4.69, 9.17) is 5.26 Å². The summed E-state index contributed by atoms with van der Waals surface area (Å²) >= 11 is 0. The highest BCUT2D eigenvalue weighted by Crippen LogP contribution is 2.34. The highest BCUT2D eigenvalue weighted by molar-refractivity contribution is 5.88. The number of nitriles is 1. The summed E-state index contributed by atoms with van der Waals surface area (Å²) in [6.07, 6.45) is 2.80. The topological polar surface area (TPSA) is 56.1 Å². The van der Waals surface area contributed by atoms with Crippen molar-refractivity contribution in [3.63, 3.8) is 0 Å². The minimum Gasteiger partial charge on any atom is -0.326 e. The second-order valence-electron chi connectivity index (χ2n) is 6.30. The van der Waals surface area contributed by atoms with Crippen LogP contribution < -0.4 is 5.32 Å². The van der Waals surface area contributed by atoms with E-state index < -0.39 is 0 Å². The van der Waals surface area contributed by atoms with Gasteiger partial charge in [0.2, 0.25) is 5.91 Å². The van der Waals surface area contributed by atoms with Crippen LogP contribution in [-0.2, 0) is 11.3 Å². The number of carbonyl (C=O) groups excluding carboxylic acids is 1. The lowest BCUT2D eigenvalue weighted by Crippen LogP contribution is -2.38. The average molecular weight is 315 g/mol. The van der Waals surface area contributed by atoms with Crippen molar-refractivity contribution in [1.82, 2.24) is 4.90 Å². The first-order chi connectivity index (χ1) is 11.0. The third kappa shape index (κ3) is 6.42. The van der Waals surface area contributed by atoms with Crippen LogP contribution in [0.15, 0.2) is 24.3 Å². The first-order valence-corrected chi connectivity index (χ1v) is 8.47. The Balaban J connectivity index is 0.00000127. The normalized spacial score (nSPS) is 16.7. The van der Waals surface area contributed by atoms with E-state index in [0.717, 1.165) is 38.2 Å². The molecule has 1 heterocycles. The summed E-state index contributed by atoms with van der Waals surface area (Å²) in [5.74, 6) is -0.0441. The fourth-order valence-corrected chi connectivity index (χ4v) is 2.83. The van der Waals surface area contributed by atoms with E-state index in [1.165, 1.54) is 12.5 Å². The maximum Gasteiger partial charge on any atom is 0.221 e. The van der Waals surface area contributed by atoms with E-state index in [0.29, 0.717) is 6.42 Å². The lowest BCUT2D eigenvalue weighted by Gasteiger charge is -2.38. The maximum absolute atomic E-state index is 11.1. The number of hydrogen-bond donors (Lipinski definition) is 1. The molecule has 1 fully saturated rings. The Morgan fingerprint density at radius 2 is 2.00 bits per heavy atom.